The number of ketones is 1. The summed E-state index contributed by atoms with van der Waals surface area (Å²) < 4.78 is 11.2. The summed E-state index contributed by atoms with van der Waals surface area (Å²) in [6, 6.07) is 23.8. The highest BCUT2D eigenvalue weighted by atomic mass is 16.5. The summed E-state index contributed by atoms with van der Waals surface area (Å²) in [4.78, 5) is 24.9. The van der Waals surface area contributed by atoms with Crippen LogP contribution in [0.15, 0.2) is 72.8 Å². The molecule has 3 aromatic rings. The van der Waals surface area contributed by atoms with Crippen LogP contribution in [-0.4, -0.2) is 18.3 Å². The molecule has 0 saturated heterocycles. The molecule has 0 aliphatic heterocycles. The van der Waals surface area contributed by atoms with Gasteiger partial charge in [-0.25, -0.2) is 0 Å². The number of Topliss-reactive ketones (excluding diaryl/α,β-unsaturated/α-hetero) is 1. The van der Waals surface area contributed by atoms with Gasteiger partial charge >= 0.3 is 0 Å². The number of para-hydroxylation sites is 1. The maximum Gasteiger partial charge on any atom is 0.224 e. The maximum absolute atomic E-state index is 12.5. The van der Waals surface area contributed by atoms with Crippen molar-refractivity contribution in [2.75, 3.05) is 11.9 Å². The van der Waals surface area contributed by atoms with Crippen LogP contribution in [0.3, 0.4) is 0 Å². The average molecular weight is 443 g/mol. The molecule has 0 fully saturated rings. The second kappa shape index (κ2) is 12.1. The largest absolute Gasteiger partial charge is 0.494 e. The highest BCUT2D eigenvalue weighted by Gasteiger charge is 2.12. The summed E-state index contributed by atoms with van der Waals surface area (Å²) in [6.07, 6.45) is 0.561. The van der Waals surface area contributed by atoms with Crippen molar-refractivity contribution < 1.29 is 19.1 Å². The molecule has 0 spiro atoms. The first-order chi connectivity index (χ1) is 16.1. The lowest BCUT2D eigenvalue weighted by molar-refractivity contribution is -0.116. The Kier molecular flexibility index (Phi) is 8.61. The first kappa shape index (κ1) is 23.6. The molecular formula is C27H26N2O4. The van der Waals surface area contributed by atoms with E-state index in [0.29, 0.717) is 35.8 Å². The van der Waals surface area contributed by atoms with Crippen molar-refractivity contribution in [3.63, 3.8) is 0 Å². The van der Waals surface area contributed by atoms with Crippen molar-refractivity contribution in [2.24, 2.45) is 0 Å². The minimum Gasteiger partial charge on any atom is -0.494 e. The molecule has 6 nitrogen and oxygen atoms in total. The zero-order valence-electron chi connectivity index (χ0n) is 18.5. The minimum absolute atomic E-state index is 0.0849. The Morgan fingerprint density at radius 3 is 2.24 bits per heavy atom. The quantitative estimate of drug-likeness (QED) is 0.405. The molecule has 3 aromatic carbocycles. The van der Waals surface area contributed by atoms with Gasteiger partial charge in [-0.15, -0.1) is 0 Å². The number of rotatable bonds is 11. The van der Waals surface area contributed by atoms with Crippen LogP contribution in [0.2, 0.25) is 0 Å². The Hall–Kier alpha value is -4.11. The summed E-state index contributed by atoms with van der Waals surface area (Å²) in [5.74, 6) is 1.06. The number of carbonyl (C=O) groups is 2. The first-order valence-corrected chi connectivity index (χ1v) is 10.8. The van der Waals surface area contributed by atoms with Gasteiger partial charge in [0.25, 0.3) is 0 Å². The Morgan fingerprint density at radius 2 is 1.55 bits per heavy atom. The van der Waals surface area contributed by atoms with E-state index in [9.17, 15) is 9.59 Å². The van der Waals surface area contributed by atoms with Crippen molar-refractivity contribution >= 4 is 17.4 Å². The van der Waals surface area contributed by atoms with Gasteiger partial charge in [-0.1, -0.05) is 30.3 Å². The van der Waals surface area contributed by atoms with E-state index in [1.54, 1.807) is 30.3 Å². The van der Waals surface area contributed by atoms with Crippen LogP contribution >= 0.6 is 0 Å². The van der Waals surface area contributed by atoms with E-state index in [0.717, 1.165) is 11.1 Å². The van der Waals surface area contributed by atoms with Crippen LogP contribution in [-0.2, 0) is 17.8 Å². The number of nitrogens with one attached hydrogen (secondary N) is 1. The Morgan fingerprint density at radius 1 is 0.879 bits per heavy atom. The summed E-state index contributed by atoms with van der Waals surface area (Å²) in [7, 11) is 0. The molecule has 1 amide bonds. The number of hydrogen-bond acceptors (Lipinski definition) is 5. The van der Waals surface area contributed by atoms with Gasteiger partial charge in [0.15, 0.2) is 5.78 Å². The summed E-state index contributed by atoms with van der Waals surface area (Å²) >= 11 is 0. The summed E-state index contributed by atoms with van der Waals surface area (Å²) in [5, 5.41) is 11.6. The van der Waals surface area contributed by atoms with Gasteiger partial charge in [0.2, 0.25) is 5.91 Å². The molecule has 0 unspecified atom stereocenters. The van der Waals surface area contributed by atoms with Crippen LogP contribution in [0, 0.1) is 11.3 Å². The van der Waals surface area contributed by atoms with Crippen molar-refractivity contribution in [3.8, 4) is 17.6 Å². The van der Waals surface area contributed by atoms with Crippen molar-refractivity contribution in [3.05, 3.63) is 89.5 Å². The van der Waals surface area contributed by atoms with Crippen molar-refractivity contribution in [1.82, 2.24) is 0 Å². The predicted octanol–water partition coefficient (Wildman–Crippen LogP) is 5.33. The third-order valence-electron chi connectivity index (χ3n) is 4.96. The first-order valence-electron chi connectivity index (χ1n) is 10.8. The highest BCUT2D eigenvalue weighted by molar-refractivity contribution is 6.00. The Balaban J connectivity index is 1.52. The molecule has 168 valence electrons. The van der Waals surface area contributed by atoms with E-state index in [2.05, 4.69) is 11.4 Å². The molecule has 0 aliphatic rings. The van der Waals surface area contributed by atoms with E-state index in [4.69, 9.17) is 14.7 Å². The molecule has 0 heterocycles. The van der Waals surface area contributed by atoms with Crippen molar-refractivity contribution in [1.29, 1.82) is 5.26 Å². The molecule has 0 aliphatic carbocycles. The van der Waals surface area contributed by atoms with Crippen LogP contribution in [0.1, 0.15) is 41.3 Å². The number of amides is 1. The number of ether oxygens (including phenoxy) is 2. The predicted molar refractivity (Wildman–Crippen MR) is 126 cm³/mol. The van der Waals surface area contributed by atoms with Crippen LogP contribution in [0.5, 0.6) is 11.5 Å². The minimum atomic E-state index is -0.234. The normalized spacial score (nSPS) is 10.2. The van der Waals surface area contributed by atoms with E-state index in [1.165, 1.54) is 0 Å². The fourth-order valence-electron chi connectivity index (χ4n) is 3.21. The second-order valence-corrected chi connectivity index (χ2v) is 7.35. The van der Waals surface area contributed by atoms with E-state index in [-0.39, 0.29) is 31.1 Å². The summed E-state index contributed by atoms with van der Waals surface area (Å²) in [6.45, 7) is 2.74. The monoisotopic (exact) mass is 442 g/mol. The Labute approximate surface area is 193 Å². The van der Waals surface area contributed by atoms with Crippen LogP contribution < -0.4 is 14.8 Å². The number of hydrogen-bond donors (Lipinski definition) is 1. The van der Waals surface area contributed by atoms with Gasteiger partial charge in [-0.05, 0) is 55.0 Å². The molecule has 0 atom stereocenters. The van der Waals surface area contributed by atoms with E-state index < -0.39 is 0 Å². The van der Waals surface area contributed by atoms with Gasteiger partial charge < -0.3 is 14.8 Å². The molecule has 0 saturated carbocycles. The Bertz CT molecular complexity index is 1120. The number of anilines is 1. The molecule has 0 bridgehead atoms. The zero-order chi connectivity index (χ0) is 23.5. The smallest absolute Gasteiger partial charge is 0.224 e. The van der Waals surface area contributed by atoms with E-state index in [1.807, 2.05) is 49.4 Å². The van der Waals surface area contributed by atoms with Gasteiger partial charge in [0.05, 0.1) is 19.1 Å². The lowest BCUT2D eigenvalue weighted by atomic mass is 10.1. The van der Waals surface area contributed by atoms with Gasteiger partial charge in [0.1, 0.15) is 18.1 Å². The third kappa shape index (κ3) is 7.22. The van der Waals surface area contributed by atoms with Gasteiger partial charge in [0, 0.05) is 29.7 Å². The average Bonchev–Trinajstić information content (AvgIpc) is 2.84. The number of carbonyl (C=O) groups excluding carboxylic acids is 2. The molecule has 6 heteroatoms. The second-order valence-electron chi connectivity index (χ2n) is 7.35. The summed E-state index contributed by atoms with van der Waals surface area (Å²) in [5.41, 5.74) is 2.96. The fraction of sp³-hybridized carbons (Fsp3) is 0.222. The fourth-order valence-corrected chi connectivity index (χ4v) is 3.21. The van der Waals surface area contributed by atoms with E-state index >= 15 is 0 Å². The standard InChI is InChI=1S/C27H26N2O4/c1-2-32-23-13-9-21(10-14-23)26(30)15-16-27(31)29-25-6-4-3-5-22(25)19-33-24-11-7-20(8-12-24)17-18-28/h3-14H,2,15-17,19H2,1H3,(H,29,31). The van der Waals surface area contributed by atoms with Gasteiger partial charge in [-0.2, -0.15) is 5.26 Å². The lowest BCUT2D eigenvalue weighted by Crippen LogP contribution is -2.15. The van der Waals surface area contributed by atoms with Crippen LogP contribution in [0.25, 0.3) is 0 Å². The van der Waals surface area contributed by atoms with Crippen LogP contribution in [0.4, 0.5) is 5.69 Å². The zero-order valence-corrected chi connectivity index (χ0v) is 18.5. The molecule has 0 radical (unpaired) electrons. The molecule has 33 heavy (non-hydrogen) atoms. The maximum atomic E-state index is 12.5. The lowest BCUT2D eigenvalue weighted by Gasteiger charge is -2.12. The topological polar surface area (TPSA) is 88.4 Å². The number of nitrogens with zero attached hydrogens (tertiary/aromatic N) is 1. The van der Waals surface area contributed by atoms with Crippen molar-refractivity contribution in [2.45, 2.75) is 32.8 Å². The molecule has 0 aromatic heterocycles. The molecule has 3 rings (SSSR count). The number of nitriles is 1. The highest BCUT2D eigenvalue weighted by Crippen LogP contribution is 2.20. The number of benzene rings is 3. The SMILES string of the molecule is CCOc1ccc(C(=O)CCC(=O)Nc2ccccc2COc2ccc(CC#N)cc2)cc1. The molecular weight excluding hydrogens is 416 g/mol. The third-order valence-corrected chi connectivity index (χ3v) is 4.96. The van der Waals surface area contributed by atoms with Gasteiger partial charge in [-0.3, -0.25) is 9.59 Å². The molecule has 1 N–H and O–H groups in total.